The number of benzene rings is 2. The number of carboxylic acids is 1. The summed E-state index contributed by atoms with van der Waals surface area (Å²) < 4.78 is 27.3. The molecule has 126 valence electrons. The lowest BCUT2D eigenvalue weighted by Gasteiger charge is -2.09. The number of hydrogen-bond acceptors (Lipinski definition) is 2. The van der Waals surface area contributed by atoms with Gasteiger partial charge in [-0.1, -0.05) is 19.1 Å². The van der Waals surface area contributed by atoms with Gasteiger partial charge >= 0.3 is 5.97 Å². The smallest absolute Gasteiger partial charge is 0.306 e. The molecule has 0 aliphatic heterocycles. The minimum absolute atomic E-state index is 0.126. The Kier molecular flexibility index (Phi) is 5.28. The van der Waals surface area contributed by atoms with E-state index in [2.05, 4.69) is 5.32 Å². The van der Waals surface area contributed by atoms with Crippen molar-refractivity contribution in [2.24, 2.45) is 5.92 Å². The van der Waals surface area contributed by atoms with Crippen molar-refractivity contribution < 1.29 is 23.5 Å². The third kappa shape index (κ3) is 4.16. The minimum atomic E-state index is -0.885. The predicted octanol–water partition coefficient (Wildman–Crippen LogP) is 3.79. The first kappa shape index (κ1) is 17.6. The van der Waals surface area contributed by atoms with Gasteiger partial charge in [-0.25, -0.2) is 8.78 Å². The molecule has 0 fully saturated rings. The number of halogens is 2. The average Bonchev–Trinajstić information content (AvgIpc) is 2.52. The first-order chi connectivity index (χ1) is 11.3. The van der Waals surface area contributed by atoms with Crippen LogP contribution in [0.5, 0.6) is 0 Å². The molecule has 0 saturated carbocycles. The van der Waals surface area contributed by atoms with Crippen LogP contribution in [0.25, 0.3) is 0 Å². The number of anilines is 1. The van der Waals surface area contributed by atoms with Crippen LogP contribution in [0.4, 0.5) is 14.5 Å². The Labute approximate surface area is 138 Å². The largest absolute Gasteiger partial charge is 0.481 e. The summed E-state index contributed by atoms with van der Waals surface area (Å²) in [6.07, 6.45) is 0.362. The number of hydrogen-bond donors (Lipinski definition) is 2. The van der Waals surface area contributed by atoms with E-state index in [0.717, 1.165) is 17.7 Å². The van der Waals surface area contributed by atoms with Crippen LogP contribution < -0.4 is 5.32 Å². The summed E-state index contributed by atoms with van der Waals surface area (Å²) in [7, 11) is 0. The van der Waals surface area contributed by atoms with Gasteiger partial charge in [-0.2, -0.15) is 0 Å². The van der Waals surface area contributed by atoms with Crippen molar-refractivity contribution in [3.05, 3.63) is 64.7 Å². The van der Waals surface area contributed by atoms with Gasteiger partial charge in [-0.3, -0.25) is 9.59 Å². The summed E-state index contributed by atoms with van der Waals surface area (Å²) in [4.78, 5) is 22.9. The maximum Gasteiger partial charge on any atom is 0.306 e. The molecule has 2 aromatic rings. The van der Waals surface area contributed by atoms with Crippen molar-refractivity contribution >= 4 is 17.6 Å². The van der Waals surface area contributed by atoms with Gasteiger partial charge in [0.1, 0.15) is 11.6 Å². The molecule has 0 heterocycles. The van der Waals surface area contributed by atoms with Crippen LogP contribution in [-0.2, 0) is 11.2 Å². The number of rotatable bonds is 5. The Balaban J connectivity index is 2.10. The minimum Gasteiger partial charge on any atom is -0.481 e. The van der Waals surface area contributed by atoms with Gasteiger partial charge in [0.15, 0.2) is 0 Å². The summed E-state index contributed by atoms with van der Waals surface area (Å²) >= 11 is 0. The van der Waals surface area contributed by atoms with Crippen molar-refractivity contribution in [3.8, 4) is 0 Å². The molecule has 0 spiro atoms. The van der Waals surface area contributed by atoms with E-state index in [1.165, 1.54) is 6.92 Å². The van der Waals surface area contributed by atoms with Gasteiger partial charge in [-0.15, -0.1) is 0 Å². The number of carboxylic acid groups (broad SMARTS) is 1. The second-order valence-electron chi connectivity index (χ2n) is 5.68. The number of carbonyl (C=O) groups excluding carboxylic acids is 1. The molecule has 0 saturated heterocycles. The highest BCUT2D eigenvalue weighted by atomic mass is 19.1. The molecule has 1 atom stereocenters. The van der Waals surface area contributed by atoms with Crippen LogP contribution in [0.1, 0.15) is 28.4 Å². The fourth-order valence-electron chi connectivity index (χ4n) is 2.18. The average molecular weight is 333 g/mol. The quantitative estimate of drug-likeness (QED) is 0.875. The van der Waals surface area contributed by atoms with Gasteiger partial charge in [0.2, 0.25) is 0 Å². The fraction of sp³-hybridized carbons (Fsp3) is 0.222. The second kappa shape index (κ2) is 7.21. The van der Waals surface area contributed by atoms with Crippen molar-refractivity contribution in [2.75, 3.05) is 5.32 Å². The van der Waals surface area contributed by atoms with E-state index in [1.807, 2.05) is 0 Å². The number of aliphatic carboxylic acids is 1. The van der Waals surface area contributed by atoms with Crippen LogP contribution in [0.15, 0.2) is 36.4 Å². The SMILES string of the molecule is Cc1cc(F)c(C(=O)Nc2ccc(CC(C)C(=O)O)cc2)cc1F. The monoisotopic (exact) mass is 333 g/mol. The van der Waals surface area contributed by atoms with Crippen molar-refractivity contribution in [1.29, 1.82) is 0 Å². The molecule has 2 N–H and O–H groups in total. The Bertz CT molecular complexity index is 773. The van der Waals surface area contributed by atoms with Gasteiger partial charge in [0.05, 0.1) is 11.5 Å². The molecule has 1 unspecified atom stereocenters. The van der Waals surface area contributed by atoms with Crippen molar-refractivity contribution in [3.63, 3.8) is 0 Å². The summed E-state index contributed by atoms with van der Waals surface area (Å²) in [5.41, 5.74) is 0.963. The first-order valence-corrected chi connectivity index (χ1v) is 7.36. The second-order valence-corrected chi connectivity index (χ2v) is 5.68. The molecule has 0 radical (unpaired) electrons. The highest BCUT2D eigenvalue weighted by molar-refractivity contribution is 6.04. The molecule has 4 nitrogen and oxygen atoms in total. The van der Waals surface area contributed by atoms with Crippen LogP contribution >= 0.6 is 0 Å². The molecule has 0 aliphatic carbocycles. The van der Waals surface area contributed by atoms with E-state index in [9.17, 15) is 18.4 Å². The zero-order valence-corrected chi connectivity index (χ0v) is 13.3. The lowest BCUT2D eigenvalue weighted by atomic mass is 10.0. The molecule has 0 bridgehead atoms. The normalized spacial score (nSPS) is 11.8. The zero-order chi connectivity index (χ0) is 17.9. The summed E-state index contributed by atoms with van der Waals surface area (Å²) in [6, 6.07) is 8.38. The number of aryl methyl sites for hydroxylation is 1. The highest BCUT2D eigenvalue weighted by Gasteiger charge is 2.15. The number of amides is 1. The molecule has 0 aromatic heterocycles. The van der Waals surface area contributed by atoms with Crippen molar-refractivity contribution in [2.45, 2.75) is 20.3 Å². The third-order valence-electron chi connectivity index (χ3n) is 3.67. The van der Waals surface area contributed by atoms with E-state index in [-0.39, 0.29) is 11.1 Å². The topological polar surface area (TPSA) is 66.4 Å². The Morgan fingerprint density at radius 2 is 1.75 bits per heavy atom. The van der Waals surface area contributed by atoms with Crippen LogP contribution in [0.2, 0.25) is 0 Å². The van der Waals surface area contributed by atoms with Gasteiger partial charge in [0, 0.05) is 5.69 Å². The third-order valence-corrected chi connectivity index (χ3v) is 3.67. The Morgan fingerprint density at radius 3 is 2.33 bits per heavy atom. The van der Waals surface area contributed by atoms with Crippen LogP contribution in [-0.4, -0.2) is 17.0 Å². The van der Waals surface area contributed by atoms with E-state index < -0.39 is 29.4 Å². The lowest BCUT2D eigenvalue weighted by molar-refractivity contribution is -0.141. The van der Waals surface area contributed by atoms with Crippen molar-refractivity contribution in [1.82, 2.24) is 0 Å². The van der Waals surface area contributed by atoms with Gasteiger partial charge < -0.3 is 10.4 Å². The molecule has 2 rings (SSSR count). The molecule has 2 aromatic carbocycles. The fourth-order valence-corrected chi connectivity index (χ4v) is 2.18. The summed E-state index contributed by atoms with van der Waals surface area (Å²) in [6.45, 7) is 3.02. The lowest BCUT2D eigenvalue weighted by Crippen LogP contribution is -2.15. The van der Waals surface area contributed by atoms with E-state index in [4.69, 9.17) is 5.11 Å². The van der Waals surface area contributed by atoms with Gasteiger partial charge in [0.25, 0.3) is 5.91 Å². The molecule has 0 aliphatic rings. The Hall–Kier alpha value is -2.76. The summed E-state index contributed by atoms with van der Waals surface area (Å²) in [5, 5.41) is 11.4. The van der Waals surface area contributed by atoms with E-state index in [0.29, 0.717) is 12.1 Å². The standard InChI is InChI=1S/C18H17F2NO3/c1-10-8-16(20)14(9-15(10)19)17(22)21-13-5-3-12(4-6-13)7-11(2)18(23)24/h3-6,8-9,11H,7H2,1-2H3,(H,21,22)(H,23,24). The number of nitrogens with one attached hydrogen (secondary N) is 1. The zero-order valence-electron chi connectivity index (χ0n) is 13.3. The van der Waals surface area contributed by atoms with E-state index in [1.54, 1.807) is 31.2 Å². The highest BCUT2D eigenvalue weighted by Crippen LogP contribution is 2.18. The molecule has 6 heteroatoms. The number of carbonyl (C=O) groups is 2. The van der Waals surface area contributed by atoms with Crippen LogP contribution in [0, 0.1) is 24.5 Å². The molecule has 1 amide bonds. The maximum absolute atomic E-state index is 13.8. The molecule has 24 heavy (non-hydrogen) atoms. The maximum atomic E-state index is 13.8. The van der Waals surface area contributed by atoms with Crippen LogP contribution in [0.3, 0.4) is 0 Å². The van der Waals surface area contributed by atoms with Gasteiger partial charge in [-0.05, 0) is 48.7 Å². The first-order valence-electron chi connectivity index (χ1n) is 7.36. The molecular formula is C18H17F2NO3. The van der Waals surface area contributed by atoms with E-state index >= 15 is 0 Å². The Morgan fingerprint density at radius 1 is 1.12 bits per heavy atom. The molecular weight excluding hydrogens is 316 g/mol. The predicted molar refractivity (Wildman–Crippen MR) is 86.0 cm³/mol. The summed E-state index contributed by atoms with van der Waals surface area (Å²) in [5.74, 6) is -3.60.